The van der Waals surface area contributed by atoms with Crippen molar-refractivity contribution in [3.05, 3.63) is 82.5 Å². The standard InChI is InChI=1S/C22H31NO3.C7H7FO/c1-5-14(3)20(15(4)6-2)21-19(22(26-23-21)16-7-8-16)13-25-18-11-9-17(24)10-12-18;8-7-3-1-2-6(4-7)5-9/h5-6,16-18,24H,1,7-13H2,2-4H3;1-4,9H,5H2/b15-6-,20-14+;. The third kappa shape index (κ3) is 7.47. The van der Waals surface area contributed by atoms with Crippen molar-refractivity contribution >= 4 is 5.57 Å². The van der Waals surface area contributed by atoms with Crippen LogP contribution in [-0.4, -0.2) is 27.6 Å². The van der Waals surface area contributed by atoms with Gasteiger partial charge in [0.1, 0.15) is 17.3 Å². The molecule has 0 atom stereocenters. The Balaban J connectivity index is 0.000000320. The van der Waals surface area contributed by atoms with Crippen LogP contribution in [0.1, 0.15) is 87.8 Å². The van der Waals surface area contributed by atoms with Crippen LogP contribution in [0.2, 0.25) is 0 Å². The highest BCUT2D eigenvalue weighted by Gasteiger charge is 2.34. The lowest BCUT2D eigenvalue weighted by molar-refractivity contribution is -0.0123. The van der Waals surface area contributed by atoms with Crippen LogP contribution < -0.4 is 0 Å². The molecule has 0 unspecified atom stereocenters. The zero-order valence-electron chi connectivity index (χ0n) is 21.1. The maximum absolute atomic E-state index is 12.2. The maximum Gasteiger partial charge on any atom is 0.145 e. The van der Waals surface area contributed by atoms with E-state index in [-0.39, 0.29) is 24.6 Å². The number of rotatable bonds is 8. The van der Waals surface area contributed by atoms with E-state index in [4.69, 9.17) is 14.4 Å². The first-order chi connectivity index (χ1) is 16.9. The molecule has 2 aliphatic carbocycles. The number of ether oxygens (including phenoxy) is 1. The third-order valence-electron chi connectivity index (χ3n) is 6.71. The summed E-state index contributed by atoms with van der Waals surface area (Å²) in [5.41, 5.74) is 5.95. The highest BCUT2D eigenvalue weighted by atomic mass is 19.1. The van der Waals surface area contributed by atoms with Gasteiger partial charge in [-0.05, 0) is 88.1 Å². The number of hydrogen-bond acceptors (Lipinski definition) is 5. The lowest BCUT2D eigenvalue weighted by Gasteiger charge is -2.25. The molecule has 35 heavy (non-hydrogen) atoms. The molecule has 4 rings (SSSR count). The predicted molar refractivity (Wildman–Crippen MR) is 136 cm³/mol. The second kappa shape index (κ2) is 13.0. The van der Waals surface area contributed by atoms with Gasteiger partial charge in [0.15, 0.2) is 0 Å². The summed E-state index contributed by atoms with van der Waals surface area (Å²) >= 11 is 0. The molecule has 0 radical (unpaired) electrons. The van der Waals surface area contributed by atoms with Crippen molar-refractivity contribution in [2.24, 2.45) is 0 Å². The van der Waals surface area contributed by atoms with E-state index in [0.29, 0.717) is 18.1 Å². The smallest absolute Gasteiger partial charge is 0.145 e. The molecule has 0 spiro atoms. The molecule has 1 aromatic heterocycles. The Morgan fingerprint density at radius 1 is 1.20 bits per heavy atom. The Bertz CT molecular complexity index is 1040. The normalized spacial score (nSPS) is 21.1. The summed E-state index contributed by atoms with van der Waals surface area (Å²) in [6.45, 7) is 10.6. The average Bonchev–Trinajstić information content (AvgIpc) is 3.64. The summed E-state index contributed by atoms with van der Waals surface area (Å²) in [5, 5.41) is 22.6. The van der Waals surface area contributed by atoms with Gasteiger partial charge in [-0.15, -0.1) is 0 Å². The molecule has 2 saturated carbocycles. The molecule has 5 nitrogen and oxygen atoms in total. The molecule has 1 heterocycles. The molecule has 6 heteroatoms. The summed E-state index contributed by atoms with van der Waals surface area (Å²) in [6.07, 6.45) is 9.85. The quantitative estimate of drug-likeness (QED) is 0.413. The van der Waals surface area contributed by atoms with Crippen molar-refractivity contribution in [1.29, 1.82) is 0 Å². The van der Waals surface area contributed by atoms with Crippen LogP contribution in [-0.2, 0) is 18.0 Å². The number of nitrogens with zero attached hydrogens (tertiary/aromatic N) is 1. The van der Waals surface area contributed by atoms with Crippen LogP contribution in [0.25, 0.3) is 5.57 Å². The van der Waals surface area contributed by atoms with Gasteiger partial charge in [-0.25, -0.2) is 4.39 Å². The van der Waals surface area contributed by atoms with E-state index < -0.39 is 0 Å². The summed E-state index contributed by atoms with van der Waals surface area (Å²) in [5.74, 6) is 1.18. The van der Waals surface area contributed by atoms with Crippen molar-refractivity contribution < 1.29 is 23.9 Å². The molecular weight excluding hydrogens is 445 g/mol. The van der Waals surface area contributed by atoms with Crippen LogP contribution in [0, 0.1) is 5.82 Å². The fourth-order valence-electron chi connectivity index (χ4n) is 4.30. The van der Waals surface area contributed by atoms with Crippen LogP contribution in [0.3, 0.4) is 0 Å². The molecule has 2 aromatic rings. The van der Waals surface area contributed by atoms with E-state index in [2.05, 4.69) is 31.7 Å². The Hall–Kier alpha value is -2.54. The zero-order valence-corrected chi connectivity index (χ0v) is 21.1. The summed E-state index contributed by atoms with van der Waals surface area (Å²) in [7, 11) is 0. The zero-order chi connectivity index (χ0) is 25.4. The molecular formula is C29H38FNO4. The predicted octanol–water partition coefficient (Wildman–Crippen LogP) is 6.62. The van der Waals surface area contributed by atoms with Crippen LogP contribution >= 0.6 is 0 Å². The Morgan fingerprint density at radius 3 is 2.46 bits per heavy atom. The maximum atomic E-state index is 12.2. The Kier molecular flexibility index (Phi) is 10.0. The first-order valence-corrected chi connectivity index (χ1v) is 12.5. The lowest BCUT2D eigenvalue weighted by atomic mass is 9.94. The van der Waals surface area contributed by atoms with Gasteiger partial charge in [-0.3, -0.25) is 0 Å². The first-order valence-electron chi connectivity index (χ1n) is 12.5. The monoisotopic (exact) mass is 483 g/mol. The van der Waals surface area contributed by atoms with Crippen LogP contribution in [0.5, 0.6) is 0 Å². The minimum Gasteiger partial charge on any atom is -0.393 e. The molecule has 190 valence electrons. The van der Waals surface area contributed by atoms with Gasteiger partial charge in [-0.2, -0.15) is 0 Å². The molecule has 0 aliphatic heterocycles. The highest BCUT2D eigenvalue weighted by Crippen LogP contribution is 2.44. The molecule has 0 saturated heterocycles. The number of hydrogen-bond donors (Lipinski definition) is 2. The van der Waals surface area contributed by atoms with E-state index >= 15 is 0 Å². The molecule has 2 N–H and O–H groups in total. The summed E-state index contributed by atoms with van der Waals surface area (Å²) < 4.78 is 24.3. The third-order valence-corrected chi connectivity index (χ3v) is 6.71. The molecule has 1 aromatic carbocycles. The van der Waals surface area contributed by atoms with Crippen LogP contribution in [0.15, 0.2) is 58.7 Å². The van der Waals surface area contributed by atoms with Crippen molar-refractivity contribution in [3.63, 3.8) is 0 Å². The number of allylic oxidation sites excluding steroid dienone is 5. The van der Waals surface area contributed by atoms with E-state index in [1.807, 2.05) is 13.0 Å². The molecule has 0 amide bonds. The van der Waals surface area contributed by atoms with Gasteiger partial charge in [0.25, 0.3) is 0 Å². The number of aliphatic hydroxyl groups is 2. The largest absolute Gasteiger partial charge is 0.393 e. The van der Waals surface area contributed by atoms with Gasteiger partial charge < -0.3 is 19.5 Å². The minimum absolute atomic E-state index is 0.0994. The van der Waals surface area contributed by atoms with Crippen molar-refractivity contribution in [2.75, 3.05) is 0 Å². The van der Waals surface area contributed by atoms with E-state index in [9.17, 15) is 9.50 Å². The number of halogens is 1. The van der Waals surface area contributed by atoms with E-state index in [1.54, 1.807) is 12.1 Å². The summed E-state index contributed by atoms with van der Waals surface area (Å²) in [6, 6.07) is 5.89. The Morgan fingerprint density at radius 2 is 1.91 bits per heavy atom. The van der Waals surface area contributed by atoms with Gasteiger partial charge in [0, 0.05) is 17.1 Å². The van der Waals surface area contributed by atoms with Gasteiger partial charge >= 0.3 is 0 Å². The molecule has 2 fully saturated rings. The average molecular weight is 484 g/mol. The van der Waals surface area contributed by atoms with Crippen LogP contribution in [0.4, 0.5) is 4.39 Å². The fraction of sp³-hybridized carbons (Fsp3) is 0.483. The first kappa shape index (κ1) is 27.1. The molecule has 2 aliphatic rings. The number of aromatic nitrogens is 1. The van der Waals surface area contributed by atoms with Crippen molar-refractivity contribution in [3.8, 4) is 0 Å². The minimum atomic E-state index is -0.304. The van der Waals surface area contributed by atoms with E-state index in [0.717, 1.165) is 53.8 Å². The molecule has 0 bridgehead atoms. The van der Waals surface area contributed by atoms with Crippen molar-refractivity contribution in [2.45, 2.75) is 90.6 Å². The second-order valence-electron chi connectivity index (χ2n) is 9.41. The SMILES string of the molecule is C=C/C(C)=C(\C(C)=C/C)c1noc(C2CC2)c1COC1CCC(O)CC1.OCc1cccc(F)c1. The summed E-state index contributed by atoms with van der Waals surface area (Å²) in [4.78, 5) is 0. The van der Waals surface area contributed by atoms with Crippen molar-refractivity contribution in [1.82, 2.24) is 5.16 Å². The fourth-order valence-corrected chi connectivity index (χ4v) is 4.30. The second-order valence-corrected chi connectivity index (χ2v) is 9.41. The highest BCUT2D eigenvalue weighted by molar-refractivity contribution is 5.81. The van der Waals surface area contributed by atoms with E-state index in [1.165, 1.54) is 30.5 Å². The number of aliphatic hydroxyl groups excluding tert-OH is 2. The van der Waals surface area contributed by atoms with Gasteiger partial charge in [-0.1, -0.05) is 36.0 Å². The lowest BCUT2D eigenvalue weighted by Crippen LogP contribution is -2.24. The van der Waals surface area contributed by atoms with Gasteiger partial charge in [0.2, 0.25) is 0 Å². The topological polar surface area (TPSA) is 75.7 Å². The Labute approximate surface area is 208 Å². The number of benzene rings is 1. The van der Waals surface area contributed by atoms with Gasteiger partial charge in [0.05, 0.1) is 25.4 Å².